The van der Waals surface area contributed by atoms with E-state index in [-0.39, 0.29) is 5.91 Å². The molecular weight excluding hydrogens is 358 g/mol. The molecule has 0 fully saturated rings. The third-order valence-electron chi connectivity index (χ3n) is 3.99. The van der Waals surface area contributed by atoms with Crippen LogP contribution in [0.5, 0.6) is 0 Å². The van der Waals surface area contributed by atoms with Crippen LogP contribution >= 0.6 is 11.3 Å². The van der Waals surface area contributed by atoms with Crippen LogP contribution in [0.25, 0.3) is 11.4 Å². The lowest BCUT2D eigenvalue weighted by molar-refractivity contribution is 0.0947. The maximum atomic E-state index is 13.0. The van der Waals surface area contributed by atoms with Gasteiger partial charge in [0.25, 0.3) is 5.91 Å². The smallest absolute Gasteiger partial charge is 0.281 e. The molecule has 0 aliphatic carbocycles. The van der Waals surface area contributed by atoms with E-state index in [0.717, 1.165) is 16.0 Å². The minimum atomic E-state index is -0.227. The fourth-order valence-corrected chi connectivity index (χ4v) is 3.31. The average molecular weight is 375 g/mol. The van der Waals surface area contributed by atoms with Crippen LogP contribution in [-0.4, -0.2) is 25.7 Å². The summed E-state index contributed by atoms with van der Waals surface area (Å²) in [5.74, 6) is 0.640. The second kappa shape index (κ2) is 7.51. The summed E-state index contributed by atoms with van der Waals surface area (Å²) >= 11 is 1.64. The molecule has 0 saturated heterocycles. The molecule has 0 amide bonds. The van der Waals surface area contributed by atoms with E-state index < -0.39 is 0 Å². The molecule has 3 heterocycles. The highest BCUT2D eigenvalue weighted by Crippen LogP contribution is 2.19. The van der Waals surface area contributed by atoms with Gasteiger partial charge in [-0.05, 0) is 42.6 Å². The van der Waals surface area contributed by atoms with Gasteiger partial charge in [0.15, 0.2) is 5.82 Å². The Morgan fingerprint density at radius 2 is 2.11 bits per heavy atom. The standard InChI is InChI=1S/C20H17N5OS/c1-14-5-2-6-15(11-14)19(26)25-20(22-13-17-8-4-10-27-17)23-18(24-25)16-7-3-9-21-12-16/h2-12H,13H2,1H3,(H,22,23,24). The number of anilines is 1. The first kappa shape index (κ1) is 17.1. The lowest BCUT2D eigenvalue weighted by Gasteiger charge is -2.06. The van der Waals surface area contributed by atoms with Gasteiger partial charge in [-0.3, -0.25) is 9.78 Å². The van der Waals surface area contributed by atoms with Gasteiger partial charge >= 0.3 is 0 Å². The van der Waals surface area contributed by atoms with E-state index in [1.807, 2.05) is 54.8 Å². The molecule has 0 aliphatic heterocycles. The van der Waals surface area contributed by atoms with Crippen LogP contribution in [0, 0.1) is 6.92 Å². The second-order valence-electron chi connectivity index (χ2n) is 6.02. The third-order valence-corrected chi connectivity index (χ3v) is 4.86. The van der Waals surface area contributed by atoms with Gasteiger partial charge in [0, 0.05) is 28.4 Å². The Hall–Kier alpha value is -3.32. The predicted molar refractivity (Wildman–Crippen MR) is 106 cm³/mol. The van der Waals surface area contributed by atoms with Crippen LogP contribution in [0.15, 0.2) is 66.3 Å². The number of nitrogens with one attached hydrogen (secondary N) is 1. The van der Waals surface area contributed by atoms with Crippen molar-refractivity contribution in [3.8, 4) is 11.4 Å². The van der Waals surface area contributed by atoms with Gasteiger partial charge in [0.05, 0.1) is 6.54 Å². The Morgan fingerprint density at radius 1 is 1.19 bits per heavy atom. The van der Waals surface area contributed by atoms with Crippen molar-refractivity contribution in [1.82, 2.24) is 19.7 Å². The van der Waals surface area contributed by atoms with E-state index in [4.69, 9.17) is 0 Å². The maximum Gasteiger partial charge on any atom is 0.281 e. The number of carbonyl (C=O) groups is 1. The van der Waals surface area contributed by atoms with Gasteiger partial charge < -0.3 is 5.32 Å². The van der Waals surface area contributed by atoms with E-state index in [1.54, 1.807) is 29.8 Å². The largest absolute Gasteiger partial charge is 0.349 e. The fraction of sp³-hybridized carbons (Fsp3) is 0.100. The van der Waals surface area contributed by atoms with Crippen LogP contribution in [0.2, 0.25) is 0 Å². The topological polar surface area (TPSA) is 72.7 Å². The molecule has 3 aromatic heterocycles. The molecule has 0 unspecified atom stereocenters. The Labute approximate surface area is 160 Å². The Bertz CT molecular complexity index is 1060. The molecule has 1 N–H and O–H groups in total. The Morgan fingerprint density at radius 3 is 2.85 bits per heavy atom. The number of aryl methyl sites for hydroxylation is 1. The summed E-state index contributed by atoms with van der Waals surface area (Å²) in [6, 6.07) is 15.1. The van der Waals surface area contributed by atoms with Crippen LogP contribution in [0.4, 0.5) is 5.95 Å². The molecular formula is C20H17N5OS. The number of pyridine rings is 1. The van der Waals surface area contributed by atoms with E-state index in [2.05, 4.69) is 20.4 Å². The molecule has 0 spiro atoms. The van der Waals surface area contributed by atoms with Crippen LogP contribution in [-0.2, 0) is 6.54 Å². The molecule has 0 aliphatic rings. The molecule has 4 aromatic rings. The Kier molecular flexibility index (Phi) is 4.76. The predicted octanol–water partition coefficient (Wildman–Crippen LogP) is 4.01. The van der Waals surface area contributed by atoms with Crippen LogP contribution < -0.4 is 5.32 Å². The fourth-order valence-electron chi connectivity index (χ4n) is 2.67. The zero-order chi connectivity index (χ0) is 18.6. The second-order valence-corrected chi connectivity index (χ2v) is 7.05. The highest BCUT2D eigenvalue weighted by molar-refractivity contribution is 7.09. The highest BCUT2D eigenvalue weighted by atomic mass is 32.1. The van der Waals surface area contributed by atoms with Crippen molar-refractivity contribution in [2.24, 2.45) is 0 Å². The molecule has 0 radical (unpaired) electrons. The number of rotatable bonds is 5. The third kappa shape index (κ3) is 3.78. The normalized spacial score (nSPS) is 10.7. The highest BCUT2D eigenvalue weighted by Gasteiger charge is 2.19. The lowest BCUT2D eigenvalue weighted by Crippen LogP contribution is -2.17. The zero-order valence-corrected chi connectivity index (χ0v) is 15.5. The summed E-state index contributed by atoms with van der Waals surface area (Å²) < 4.78 is 1.32. The van der Waals surface area contributed by atoms with Gasteiger partial charge in [-0.15, -0.1) is 16.4 Å². The molecule has 0 atom stereocenters. The maximum absolute atomic E-state index is 13.0. The van der Waals surface area contributed by atoms with E-state index in [0.29, 0.717) is 23.9 Å². The van der Waals surface area contributed by atoms with Crippen molar-refractivity contribution in [3.05, 3.63) is 82.3 Å². The number of hydrogen-bond donors (Lipinski definition) is 1. The van der Waals surface area contributed by atoms with Gasteiger partial charge in [-0.25, -0.2) is 0 Å². The first-order valence-electron chi connectivity index (χ1n) is 8.46. The molecule has 7 heteroatoms. The van der Waals surface area contributed by atoms with Crippen molar-refractivity contribution < 1.29 is 4.79 Å². The molecule has 27 heavy (non-hydrogen) atoms. The van der Waals surface area contributed by atoms with Crippen LogP contribution in [0.1, 0.15) is 20.8 Å². The van der Waals surface area contributed by atoms with Crippen molar-refractivity contribution in [2.75, 3.05) is 5.32 Å². The van der Waals surface area contributed by atoms with Crippen LogP contribution in [0.3, 0.4) is 0 Å². The molecule has 1 aromatic carbocycles. The van der Waals surface area contributed by atoms with Gasteiger partial charge in [0.2, 0.25) is 5.95 Å². The van der Waals surface area contributed by atoms with Gasteiger partial charge in [-0.1, -0.05) is 23.8 Å². The lowest BCUT2D eigenvalue weighted by atomic mass is 10.1. The van der Waals surface area contributed by atoms with Crippen molar-refractivity contribution in [2.45, 2.75) is 13.5 Å². The summed E-state index contributed by atoms with van der Waals surface area (Å²) in [5, 5.41) is 9.69. The molecule has 0 saturated carbocycles. The van der Waals surface area contributed by atoms with E-state index in [1.165, 1.54) is 4.68 Å². The summed E-state index contributed by atoms with van der Waals surface area (Å²) in [6.45, 7) is 2.53. The van der Waals surface area contributed by atoms with E-state index >= 15 is 0 Å². The molecule has 6 nitrogen and oxygen atoms in total. The van der Waals surface area contributed by atoms with Crippen molar-refractivity contribution >= 4 is 23.2 Å². The monoisotopic (exact) mass is 375 g/mol. The minimum Gasteiger partial charge on any atom is -0.349 e. The van der Waals surface area contributed by atoms with Crippen molar-refractivity contribution in [3.63, 3.8) is 0 Å². The molecule has 0 bridgehead atoms. The van der Waals surface area contributed by atoms with Gasteiger partial charge in [-0.2, -0.15) is 9.67 Å². The number of hydrogen-bond acceptors (Lipinski definition) is 6. The summed E-state index contributed by atoms with van der Waals surface area (Å²) in [5.41, 5.74) is 2.34. The molecule has 134 valence electrons. The first-order valence-corrected chi connectivity index (χ1v) is 9.34. The number of nitrogens with zero attached hydrogens (tertiary/aromatic N) is 4. The summed E-state index contributed by atoms with van der Waals surface area (Å²) in [7, 11) is 0. The minimum absolute atomic E-state index is 0.227. The number of benzene rings is 1. The summed E-state index contributed by atoms with van der Waals surface area (Å²) in [4.78, 5) is 22.8. The first-order chi connectivity index (χ1) is 13.2. The zero-order valence-electron chi connectivity index (χ0n) is 14.7. The quantitative estimate of drug-likeness (QED) is 0.571. The number of thiophene rings is 1. The molecule has 4 rings (SSSR count). The number of aromatic nitrogens is 4. The SMILES string of the molecule is Cc1cccc(C(=O)n2nc(-c3cccnc3)nc2NCc2cccs2)c1. The van der Waals surface area contributed by atoms with E-state index in [9.17, 15) is 4.79 Å². The van der Waals surface area contributed by atoms with Crippen molar-refractivity contribution in [1.29, 1.82) is 0 Å². The average Bonchev–Trinajstić information content (AvgIpc) is 3.36. The number of carbonyl (C=O) groups excluding carboxylic acids is 1. The summed E-state index contributed by atoms with van der Waals surface area (Å²) in [6.07, 6.45) is 3.37. The Balaban J connectivity index is 1.71. The van der Waals surface area contributed by atoms with Gasteiger partial charge in [0.1, 0.15) is 0 Å².